The summed E-state index contributed by atoms with van der Waals surface area (Å²) in [6, 6.07) is 8.36. The molecule has 0 saturated carbocycles. The Morgan fingerprint density at radius 1 is 1.45 bits per heavy atom. The number of nitrogens with zero attached hydrogens (tertiary/aromatic N) is 2. The lowest BCUT2D eigenvalue weighted by atomic mass is 10.2. The fourth-order valence-electron chi connectivity index (χ4n) is 2.33. The second-order valence-corrected chi connectivity index (χ2v) is 5.96. The summed E-state index contributed by atoms with van der Waals surface area (Å²) in [5.74, 6) is 0.906. The largest absolute Gasteiger partial charge is 0.376 e. The molecule has 1 aliphatic heterocycles. The summed E-state index contributed by atoms with van der Waals surface area (Å²) in [6.07, 6.45) is 2.63. The molecule has 1 N–H and O–H groups in total. The molecule has 1 atom stereocenters. The maximum Gasteiger partial charge on any atom is 0.193 e. The van der Waals surface area contributed by atoms with Gasteiger partial charge in [-0.05, 0) is 30.5 Å². The van der Waals surface area contributed by atoms with Crippen LogP contribution in [-0.2, 0) is 11.3 Å². The summed E-state index contributed by atoms with van der Waals surface area (Å²) in [7, 11) is 3.86. The Morgan fingerprint density at radius 2 is 2.20 bits per heavy atom. The van der Waals surface area contributed by atoms with Crippen LogP contribution in [0.1, 0.15) is 18.4 Å². The number of aliphatic imine (C=N–C) groups is 1. The van der Waals surface area contributed by atoms with Crippen LogP contribution in [0.3, 0.4) is 0 Å². The Balaban J connectivity index is 1.84. The predicted octanol–water partition coefficient (Wildman–Crippen LogP) is 2.64. The van der Waals surface area contributed by atoms with Gasteiger partial charge in [0.05, 0.1) is 6.10 Å². The molecule has 0 aromatic heterocycles. The third-order valence-corrected chi connectivity index (χ3v) is 3.95. The number of guanidine groups is 1. The molecule has 0 aliphatic carbocycles. The second-order valence-electron chi connectivity index (χ2n) is 5.05. The highest BCUT2D eigenvalue weighted by molar-refractivity contribution is 9.10. The number of nitrogens with one attached hydrogen (secondary N) is 1. The highest BCUT2D eigenvalue weighted by Crippen LogP contribution is 2.12. The Bertz CT molecular complexity index is 441. The molecule has 5 heteroatoms. The highest BCUT2D eigenvalue weighted by atomic mass is 79.9. The fourth-order valence-corrected chi connectivity index (χ4v) is 2.60. The third-order valence-electron chi connectivity index (χ3n) is 3.42. The normalized spacial score (nSPS) is 19.1. The summed E-state index contributed by atoms with van der Waals surface area (Å²) in [5.41, 5.74) is 1.26. The van der Waals surface area contributed by atoms with E-state index < -0.39 is 0 Å². The van der Waals surface area contributed by atoms with Gasteiger partial charge in [-0.3, -0.25) is 4.99 Å². The zero-order valence-electron chi connectivity index (χ0n) is 12.1. The second kappa shape index (κ2) is 7.64. The van der Waals surface area contributed by atoms with Gasteiger partial charge in [0, 0.05) is 38.3 Å². The van der Waals surface area contributed by atoms with Crippen molar-refractivity contribution >= 4 is 21.9 Å². The average molecular weight is 340 g/mol. The van der Waals surface area contributed by atoms with Crippen molar-refractivity contribution in [2.45, 2.75) is 25.5 Å². The van der Waals surface area contributed by atoms with Gasteiger partial charge in [0.1, 0.15) is 0 Å². The van der Waals surface area contributed by atoms with Crippen LogP contribution >= 0.6 is 15.9 Å². The first kappa shape index (κ1) is 15.3. The van der Waals surface area contributed by atoms with E-state index >= 15 is 0 Å². The number of benzene rings is 1. The predicted molar refractivity (Wildman–Crippen MR) is 85.9 cm³/mol. The van der Waals surface area contributed by atoms with E-state index in [1.54, 1.807) is 0 Å². The van der Waals surface area contributed by atoms with Crippen molar-refractivity contribution in [1.82, 2.24) is 10.2 Å². The summed E-state index contributed by atoms with van der Waals surface area (Å²) in [5, 5.41) is 3.38. The van der Waals surface area contributed by atoms with Gasteiger partial charge in [-0.2, -0.15) is 0 Å². The van der Waals surface area contributed by atoms with Crippen molar-refractivity contribution in [2.75, 3.05) is 27.2 Å². The molecule has 1 fully saturated rings. The third kappa shape index (κ3) is 4.49. The molecule has 1 aliphatic rings. The van der Waals surface area contributed by atoms with Crippen LogP contribution in [-0.4, -0.2) is 44.2 Å². The topological polar surface area (TPSA) is 36.9 Å². The van der Waals surface area contributed by atoms with Crippen molar-refractivity contribution in [1.29, 1.82) is 0 Å². The smallest absolute Gasteiger partial charge is 0.193 e. The summed E-state index contributed by atoms with van der Waals surface area (Å²) in [4.78, 5) is 6.45. The lowest BCUT2D eigenvalue weighted by Gasteiger charge is -2.23. The van der Waals surface area contributed by atoms with Gasteiger partial charge in [-0.25, -0.2) is 0 Å². The maximum absolute atomic E-state index is 5.62. The van der Waals surface area contributed by atoms with Gasteiger partial charge in [0.25, 0.3) is 0 Å². The van der Waals surface area contributed by atoms with Gasteiger partial charge >= 0.3 is 0 Å². The van der Waals surface area contributed by atoms with E-state index in [4.69, 9.17) is 4.74 Å². The fraction of sp³-hybridized carbons (Fsp3) is 0.533. The Hall–Kier alpha value is -1.07. The van der Waals surface area contributed by atoms with Crippen LogP contribution in [0.2, 0.25) is 0 Å². The lowest BCUT2D eigenvalue weighted by Crippen LogP contribution is -2.41. The standard InChI is InChI=1S/C15H22BrN3O/c1-17-15(18-10-14-4-3-9-20-14)19(2)11-12-5-7-13(16)8-6-12/h5-8,14H,3-4,9-11H2,1-2H3,(H,17,18). The zero-order chi connectivity index (χ0) is 14.4. The van der Waals surface area contributed by atoms with Gasteiger partial charge in [-0.1, -0.05) is 28.1 Å². The quantitative estimate of drug-likeness (QED) is 0.676. The summed E-state index contributed by atoms with van der Waals surface area (Å²) in [6.45, 7) is 2.55. The molecule has 1 unspecified atom stereocenters. The molecule has 0 amide bonds. The first-order chi connectivity index (χ1) is 9.69. The molecule has 110 valence electrons. The van der Waals surface area contributed by atoms with Crippen LogP contribution < -0.4 is 5.32 Å². The van der Waals surface area contributed by atoms with Gasteiger partial charge in [0.15, 0.2) is 5.96 Å². The minimum Gasteiger partial charge on any atom is -0.376 e. The van der Waals surface area contributed by atoms with Crippen LogP contribution in [0.15, 0.2) is 33.7 Å². The molecule has 1 saturated heterocycles. The SMILES string of the molecule is CN=C(NCC1CCCO1)N(C)Cc1ccc(Br)cc1. The lowest BCUT2D eigenvalue weighted by molar-refractivity contribution is 0.113. The number of rotatable bonds is 4. The van der Waals surface area contributed by atoms with Crippen LogP contribution in [0.5, 0.6) is 0 Å². The number of halogens is 1. The molecule has 20 heavy (non-hydrogen) atoms. The molecule has 4 nitrogen and oxygen atoms in total. The molecule has 1 heterocycles. The minimum atomic E-state index is 0.327. The molecule has 0 radical (unpaired) electrons. The minimum absolute atomic E-state index is 0.327. The highest BCUT2D eigenvalue weighted by Gasteiger charge is 2.16. The first-order valence-electron chi connectivity index (χ1n) is 6.97. The molecule has 0 spiro atoms. The van der Waals surface area contributed by atoms with Crippen molar-refractivity contribution in [2.24, 2.45) is 4.99 Å². The molecule has 1 aromatic carbocycles. The Morgan fingerprint density at radius 3 is 2.80 bits per heavy atom. The van der Waals surface area contributed by atoms with Gasteiger partial charge in [0.2, 0.25) is 0 Å². The van der Waals surface area contributed by atoms with Crippen molar-refractivity contribution in [3.05, 3.63) is 34.3 Å². The van der Waals surface area contributed by atoms with Crippen LogP contribution in [0.25, 0.3) is 0 Å². The number of hydrogen-bond donors (Lipinski definition) is 1. The van der Waals surface area contributed by atoms with Crippen LogP contribution in [0.4, 0.5) is 0 Å². The summed E-state index contributed by atoms with van der Waals surface area (Å²) < 4.78 is 6.72. The maximum atomic E-state index is 5.62. The van der Waals surface area contributed by atoms with E-state index in [0.29, 0.717) is 6.10 Å². The van der Waals surface area contributed by atoms with E-state index in [2.05, 4.69) is 55.4 Å². The number of ether oxygens (including phenoxy) is 1. The molecule has 2 rings (SSSR count). The molecule has 0 bridgehead atoms. The monoisotopic (exact) mass is 339 g/mol. The van der Waals surface area contributed by atoms with E-state index in [1.165, 1.54) is 12.0 Å². The van der Waals surface area contributed by atoms with Crippen LogP contribution in [0, 0.1) is 0 Å². The number of hydrogen-bond acceptors (Lipinski definition) is 2. The van der Waals surface area contributed by atoms with E-state index in [-0.39, 0.29) is 0 Å². The average Bonchev–Trinajstić information content (AvgIpc) is 2.95. The van der Waals surface area contributed by atoms with Gasteiger partial charge < -0.3 is 15.0 Å². The van der Waals surface area contributed by atoms with Crippen molar-refractivity contribution < 1.29 is 4.74 Å². The van der Waals surface area contributed by atoms with Crippen molar-refractivity contribution in [3.63, 3.8) is 0 Å². The van der Waals surface area contributed by atoms with E-state index in [9.17, 15) is 0 Å². The zero-order valence-corrected chi connectivity index (χ0v) is 13.7. The summed E-state index contributed by atoms with van der Waals surface area (Å²) >= 11 is 3.45. The van der Waals surface area contributed by atoms with E-state index in [1.807, 2.05) is 14.1 Å². The Labute approximate surface area is 129 Å². The Kier molecular flexibility index (Phi) is 5.86. The first-order valence-corrected chi connectivity index (χ1v) is 7.76. The molecular formula is C15H22BrN3O. The van der Waals surface area contributed by atoms with Crippen molar-refractivity contribution in [3.8, 4) is 0 Å². The molecule has 1 aromatic rings. The molecular weight excluding hydrogens is 318 g/mol. The van der Waals surface area contributed by atoms with Gasteiger partial charge in [-0.15, -0.1) is 0 Å². The van der Waals surface area contributed by atoms with E-state index in [0.717, 1.165) is 36.5 Å².